The van der Waals surface area contributed by atoms with Crippen molar-refractivity contribution >= 4 is 6.41 Å². The monoisotopic (exact) mass is 185 g/mol. The highest BCUT2D eigenvalue weighted by molar-refractivity contribution is 5.50. The molecule has 0 rings (SSSR count). The first kappa shape index (κ1) is 12.5. The van der Waals surface area contributed by atoms with Gasteiger partial charge in [-0.05, 0) is 40.5 Å². The predicted octanol–water partition coefficient (Wildman–Crippen LogP) is 2.82. The van der Waals surface area contributed by atoms with Crippen LogP contribution in [0.25, 0.3) is 0 Å². The molecule has 0 saturated carbocycles. The third-order valence-electron chi connectivity index (χ3n) is 3.14. The summed E-state index contributed by atoms with van der Waals surface area (Å²) in [5.41, 5.74) is -0.0808. The minimum absolute atomic E-state index is 0.0404. The van der Waals surface area contributed by atoms with Crippen LogP contribution in [0.3, 0.4) is 0 Å². The smallest absolute Gasteiger partial charge is 0.210 e. The SMILES string of the molecule is CCC(C)(C)N(C=O)C(C)(C)CC. The number of rotatable bonds is 5. The standard InChI is InChI=1S/C11H23NO/c1-7-10(3,4)12(9-13)11(5,6)8-2/h9H,7-8H2,1-6H3. The van der Waals surface area contributed by atoms with Crippen LogP contribution in [-0.4, -0.2) is 22.4 Å². The van der Waals surface area contributed by atoms with Crippen LogP contribution in [0.2, 0.25) is 0 Å². The summed E-state index contributed by atoms with van der Waals surface area (Å²) in [6.07, 6.45) is 2.94. The molecule has 0 unspecified atom stereocenters. The summed E-state index contributed by atoms with van der Waals surface area (Å²) < 4.78 is 0. The summed E-state index contributed by atoms with van der Waals surface area (Å²) in [4.78, 5) is 13.0. The highest BCUT2D eigenvalue weighted by Gasteiger charge is 2.34. The minimum atomic E-state index is -0.0404. The molecule has 0 aliphatic carbocycles. The van der Waals surface area contributed by atoms with Gasteiger partial charge >= 0.3 is 0 Å². The number of amides is 1. The van der Waals surface area contributed by atoms with E-state index in [0.717, 1.165) is 19.3 Å². The van der Waals surface area contributed by atoms with E-state index in [0.29, 0.717) is 0 Å². The highest BCUT2D eigenvalue weighted by Crippen LogP contribution is 2.28. The van der Waals surface area contributed by atoms with E-state index in [9.17, 15) is 4.79 Å². The molecule has 0 aromatic carbocycles. The third kappa shape index (κ3) is 2.71. The van der Waals surface area contributed by atoms with E-state index in [-0.39, 0.29) is 11.1 Å². The Labute approximate surface area is 82.3 Å². The molecule has 2 heteroatoms. The van der Waals surface area contributed by atoms with E-state index >= 15 is 0 Å². The van der Waals surface area contributed by atoms with Crippen molar-refractivity contribution in [2.75, 3.05) is 0 Å². The molecular formula is C11H23NO. The Hall–Kier alpha value is -0.530. The van der Waals surface area contributed by atoms with Gasteiger partial charge in [0.15, 0.2) is 0 Å². The van der Waals surface area contributed by atoms with Crippen molar-refractivity contribution in [3.05, 3.63) is 0 Å². The topological polar surface area (TPSA) is 20.3 Å². The van der Waals surface area contributed by atoms with Gasteiger partial charge in [0.05, 0.1) is 0 Å². The van der Waals surface area contributed by atoms with Crippen molar-refractivity contribution in [2.45, 2.75) is 65.5 Å². The van der Waals surface area contributed by atoms with E-state index < -0.39 is 0 Å². The van der Waals surface area contributed by atoms with Crippen LogP contribution in [0, 0.1) is 0 Å². The van der Waals surface area contributed by atoms with Crippen molar-refractivity contribution in [1.82, 2.24) is 4.90 Å². The van der Waals surface area contributed by atoms with E-state index in [4.69, 9.17) is 0 Å². The maximum atomic E-state index is 11.0. The van der Waals surface area contributed by atoms with Gasteiger partial charge in [0.2, 0.25) is 6.41 Å². The molecule has 0 aromatic rings. The van der Waals surface area contributed by atoms with Crippen LogP contribution in [0.1, 0.15) is 54.4 Å². The first-order chi connectivity index (χ1) is 5.81. The van der Waals surface area contributed by atoms with Gasteiger partial charge in [0.1, 0.15) is 0 Å². The van der Waals surface area contributed by atoms with Gasteiger partial charge in [-0.15, -0.1) is 0 Å². The molecule has 78 valence electrons. The summed E-state index contributed by atoms with van der Waals surface area (Å²) >= 11 is 0. The van der Waals surface area contributed by atoms with E-state index in [1.165, 1.54) is 0 Å². The van der Waals surface area contributed by atoms with Crippen molar-refractivity contribution in [3.63, 3.8) is 0 Å². The van der Waals surface area contributed by atoms with E-state index in [1.807, 2.05) is 4.90 Å². The summed E-state index contributed by atoms with van der Waals surface area (Å²) in [5.74, 6) is 0. The maximum Gasteiger partial charge on any atom is 0.210 e. The molecule has 0 radical (unpaired) electrons. The van der Waals surface area contributed by atoms with Crippen molar-refractivity contribution in [1.29, 1.82) is 0 Å². The summed E-state index contributed by atoms with van der Waals surface area (Å²) in [6, 6.07) is 0. The molecule has 0 aromatic heterocycles. The molecule has 0 bridgehead atoms. The fourth-order valence-electron chi connectivity index (χ4n) is 1.45. The first-order valence-corrected chi connectivity index (χ1v) is 5.06. The summed E-state index contributed by atoms with van der Waals surface area (Å²) in [6.45, 7) is 12.7. The Morgan fingerprint density at radius 2 is 1.31 bits per heavy atom. The zero-order valence-electron chi connectivity index (χ0n) is 9.85. The number of hydrogen-bond acceptors (Lipinski definition) is 1. The molecular weight excluding hydrogens is 162 g/mol. The molecule has 0 heterocycles. The lowest BCUT2D eigenvalue weighted by Gasteiger charge is -2.46. The van der Waals surface area contributed by atoms with Gasteiger partial charge in [-0.3, -0.25) is 4.79 Å². The Kier molecular flexibility index (Phi) is 3.95. The van der Waals surface area contributed by atoms with Crippen molar-refractivity contribution in [2.24, 2.45) is 0 Å². The molecule has 0 aliphatic heterocycles. The second kappa shape index (κ2) is 4.12. The quantitative estimate of drug-likeness (QED) is 0.603. The summed E-state index contributed by atoms with van der Waals surface area (Å²) in [5, 5.41) is 0. The van der Waals surface area contributed by atoms with Crippen LogP contribution in [0.5, 0.6) is 0 Å². The number of nitrogens with zero attached hydrogens (tertiary/aromatic N) is 1. The molecule has 2 nitrogen and oxygen atoms in total. The Morgan fingerprint density at radius 1 is 1.00 bits per heavy atom. The molecule has 13 heavy (non-hydrogen) atoms. The van der Waals surface area contributed by atoms with E-state index in [2.05, 4.69) is 41.5 Å². The van der Waals surface area contributed by atoms with Crippen LogP contribution in [-0.2, 0) is 4.79 Å². The maximum absolute atomic E-state index is 11.0. The molecule has 1 amide bonds. The lowest BCUT2D eigenvalue weighted by Crippen LogP contribution is -2.54. The zero-order valence-corrected chi connectivity index (χ0v) is 9.85. The molecule has 0 N–H and O–H groups in total. The van der Waals surface area contributed by atoms with Gasteiger partial charge < -0.3 is 4.90 Å². The first-order valence-electron chi connectivity index (χ1n) is 5.06. The Balaban J connectivity index is 4.79. The highest BCUT2D eigenvalue weighted by atomic mass is 16.1. The zero-order chi connectivity index (χ0) is 10.7. The minimum Gasteiger partial charge on any atom is -0.335 e. The molecule has 0 spiro atoms. The molecule has 0 atom stereocenters. The molecule has 0 saturated heterocycles. The molecule has 0 fully saturated rings. The van der Waals surface area contributed by atoms with Crippen LogP contribution in [0.15, 0.2) is 0 Å². The van der Waals surface area contributed by atoms with Crippen molar-refractivity contribution in [3.8, 4) is 0 Å². The second-order valence-electron chi connectivity index (χ2n) is 4.81. The van der Waals surface area contributed by atoms with Gasteiger partial charge in [-0.2, -0.15) is 0 Å². The fraction of sp³-hybridized carbons (Fsp3) is 0.909. The number of hydrogen-bond donors (Lipinski definition) is 0. The van der Waals surface area contributed by atoms with E-state index in [1.54, 1.807) is 0 Å². The third-order valence-corrected chi connectivity index (χ3v) is 3.14. The Bertz CT molecular complexity index is 157. The number of carbonyl (C=O) groups is 1. The van der Waals surface area contributed by atoms with Crippen LogP contribution >= 0.6 is 0 Å². The van der Waals surface area contributed by atoms with Gasteiger partial charge in [0.25, 0.3) is 0 Å². The van der Waals surface area contributed by atoms with Gasteiger partial charge in [-0.1, -0.05) is 13.8 Å². The summed E-state index contributed by atoms with van der Waals surface area (Å²) in [7, 11) is 0. The molecule has 0 aliphatic rings. The average Bonchev–Trinajstić information content (AvgIpc) is 2.05. The Morgan fingerprint density at radius 3 is 1.46 bits per heavy atom. The predicted molar refractivity (Wildman–Crippen MR) is 56.6 cm³/mol. The average molecular weight is 185 g/mol. The van der Waals surface area contributed by atoms with Crippen LogP contribution < -0.4 is 0 Å². The van der Waals surface area contributed by atoms with Gasteiger partial charge in [-0.25, -0.2) is 0 Å². The van der Waals surface area contributed by atoms with Gasteiger partial charge in [0, 0.05) is 11.1 Å². The van der Waals surface area contributed by atoms with Crippen molar-refractivity contribution < 1.29 is 4.79 Å². The largest absolute Gasteiger partial charge is 0.335 e. The van der Waals surface area contributed by atoms with Crippen LogP contribution in [0.4, 0.5) is 0 Å². The fourth-order valence-corrected chi connectivity index (χ4v) is 1.45. The second-order valence-corrected chi connectivity index (χ2v) is 4.81. The lowest BCUT2D eigenvalue weighted by molar-refractivity contribution is -0.130. The normalized spacial score (nSPS) is 12.8. The lowest BCUT2D eigenvalue weighted by atomic mass is 9.90. The number of carbonyl (C=O) groups excluding carboxylic acids is 1.